The van der Waals surface area contributed by atoms with E-state index in [2.05, 4.69) is 17.4 Å². The van der Waals surface area contributed by atoms with Crippen molar-refractivity contribution in [2.75, 3.05) is 11.9 Å². The molecule has 0 aliphatic heterocycles. The fourth-order valence-electron chi connectivity index (χ4n) is 3.49. The van der Waals surface area contributed by atoms with E-state index in [1.54, 1.807) is 0 Å². The summed E-state index contributed by atoms with van der Waals surface area (Å²) >= 11 is 0. The van der Waals surface area contributed by atoms with Gasteiger partial charge in [0.25, 0.3) is 10.1 Å². The summed E-state index contributed by atoms with van der Waals surface area (Å²) < 4.78 is 36.9. The van der Waals surface area contributed by atoms with Crippen LogP contribution in [0.15, 0.2) is 77.7 Å². The fraction of sp³-hybridized carbons (Fsp3) is 0.0952. The van der Waals surface area contributed by atoms with Crippen LogP contribution in [0.25, 0.3) is 11.1 Å². The van der Waals surface area contributed by atoms with Gasteiger partial charge < -0.3 is 4.74 Å². The van der Waals surface area contributed by atoms with Gasteiger partial charge in [0, 0.05) is 11.6 Å². The number of fused-ring (bicyclic) bond motifs is 3. The van der Waals surface area contributed by atoms with Gasteiger partial charge in [0.05, 0.1) is 4.90 Å². The van der Waals surface area contributed by atoms with E-state index in [4.69, 9.17) is 9.29 Å². The third-order valence-electron chi connectivity index (χ3n) is 4.72. The van der Waals surface area contributed by atoms with Crippen LogP contribution in [0.5, 0.6) is 0 Å². The molecule has 0 fully saturated rings. The Hall–Kier alpha value is -3.16. The predicted molar refractivity (Wildman–Crippen MR) is 105 cm³/mol. The molecule has 0 saturated carbocycles. The quantitative estimate of drug-likeness (QED) is 0.643. The van der Waals surface area contributed by atoms with E-state index in [0.717, 1.165) is 28.3 Å². The van der Waals surface area contributed by atoms with Gasteiger partial charge in [-0.1, -0.05) is 54.6 Å². The minimum absolute atomic E-state index is 0.0673. The lowest BCUT2D eigenvalue weighted by atomic mass is 9.98. The third kappa shape index (κ3) is 3.49. The predicted octanol–water partition coefficient (Wildman–Crippen LogP) is 4.29. The molecular weight excluding hydrogens is 378 g/mol. The van der Waals surface area contributed by atoms with Crippen LogP contribution in [-0.2, 0) is 14.9 Å². The molecule has 1 amide bonds. The summed E-state index contributed by atoms with van der Waals surface area (Å²) in [7, 11) is -4.35. The normalized spacial score (nSPS) is 12.9. The van der Waals surface area contributed by atoms with Crippen LogP contribution < -0.4 is 5.32 Å². The summed E-state index contributed by atoms with van der Waals surface area (Å²) in [5, 5.41) is 2.49. The van der Waals surface area contributed by atoms with Crippen molar-refractivity contribution >= 4 is 21.9 Å². The summed E-state index contributed by atoms with van der Waals surface area (Å²) in [6, 6.07) is 21.4. The molecule has 3 aromatic rings. The number of hydrogen-bond donors (Lipinski definition) is 2. The molecule has 1 aliphatic carbocycles. The van der Waals surface area contributed by atoms with Gasteiger partial charge in [0.15, 0.2) is 0 Å². The average Bonchev–Trinajstić information content (AvgIpc) is 3.00. The minimum Gasteiger partial charge on any atom is -0.448 e. The second-order valence-electron chi connectivity index (χ2n) is 6.45. The highest BCUT2D eigenvalue weighted by molar-refractivity contribution is 7.85. The van der Waals surface area contributed by atoms with Crippen LogP contribution in [0.4, 0.5) is 10.5 Å². The maximum Gasteiger partial charge on any atom is 0.411 e. The lowest BCUT2D eigenvalue weighted by Gasteiger charge is -2.14. The molecule has 1 aliphatic rings. The van der Waals surface area contributed by atoms with E-state index in [9.17, 15) is 13.2 Å². The molecule has 7 heteroatoms. The van der Waals surface area contributed by atoms with Gasteiger partial charge in [-0.15, -0.1) is 0 Å². The SMILES string of the molecule is O=C(Nc1cccc(S(=O)(=O)O)c1)OCC1c2ccccc2-c2ccccc21. The first kappa shape index (κ1) is 18.2. The van der Waals surface area contributed by atoms with Crippen molar-refractivity contribution in [3.63, 3.8) is 0 Å². The molecule has 0 spiro atoms. The minimum atomic E-state index is -4.35. The average molecular weight is 395 g/mol. The smallest absolute Gasteiger partial charge is 0.411 e. The second-order valence-corrected chi connectivity index (χ2v) is 7.87. The molecule has 0 heterocycles. The number of carbonyl (C=O) groups excluding carboxylic acids is 1. The van der Waals surface area contributed by atoms with E-state index in [1.165, 1.54) is 18.2 Å². The van der Waals surface area contributed by atoms with Crippen LogP contribution in [-0.4, -0.2) is 25.7 Å². The molecule has 3 aromatic carbocycles. The van der Waals surface area contributed by atoms with Crippen molar-refractivity contribution in [2.45, 2.75) is 10.8 Å². The number of hydrogen-bond acceptors (Lipinski definition) is 4. The highest BCUT2D eigenvalue weighted by Crippen LogP contribution is 2.44. The third-order valence-corrected chi connectivity index (χ3v) is 5.57. The van der Waals surface area contributed by atoms with Crippen molar-refractivity contribution in [2.24, 2.45) is 0 Å². The van der Waals surface area contributed by atoms with E-state index in [0.29, 0.717) is 0 Å². The first-order chi connectivity index (χ1) is 13.4. The molecule has 0 saturated heterocycles. The Labute approximate surface area is 162 Å². The van der Waals surface area contributed by atoms with Gasteiger partial charge in [0.2, 0.25) is 0 Å². The molecule has 28 heavy (non-hydrogen) atoms. The highest BCUT2D eigenvalue weighted by atomic mass is 32.2. The zero-order valence-corrected chi connectivity index (χ0v) is 15.5. The second kappa shape index (κ2) is 7.10. The standard InChI is InChI=1S/C21H17NO5S/c23-21(22-14-6-5-7-15(12-14)28(24,25)26)27-13-20-18-10-3-1-8-16(18)17-9-2-4-11-19(17)20/h1-12,20H,13H2,(H,22,23)(H,24,25,26). The number of anilines is 1. The van der Waals surface area contributed by atoms with Crippen molar-refractivity contribution in [1.82, 2.24) is 0 Å². The van der Waals surface area contributed by atoms with Crippen molar-refractivity contribution in [3.8, 4) is 11.1 Å². The molecular formula is C21H17NO5S. The van der Waals surface area contributed by atoms with Gasteiger partial charge in [-0.05, 0) is 40.5 Å². The van der Waals surface area contributed by atoms with E-state index in [-0.39, 0.29) is 23.1 Å². The van der Waals surface area contributed by atoms with Crippen LogP contribution in [0, 0.1) is 0 Å². The molecule has 0 atom stereocenters. The van der Waals surface area contributed by atoms with Crippen LogP contribution in [0.3, 0.4) is 0 Å². The molecule has 6 nitrogen and oxygen atoms in total. The first-order valence-electron chi connectivity index (χ1n) is 8.63. The van der Waals surface area contributed by atoms with Crippen LogP contribution in [0.1, 0.15) is 17.0 Å². The summed E-state index contributed by atoms with van der Waals surface area (Å²) in [6.45, 7) is 0.151. The number of amides is 1. The summed E-state index contributed by atoms with van der Waals surface area (Å²) in [6.07, 6.45) is -0.700. The van der Waals surface area contributed by atoms with Gasteiger partial charge in [-0.2, -0.15) is 8.42 Å². The zero-order valence-electron chi connectivity index (χ0n) is 14.7. The molecule has 0 unspecified atom stereocenters. The Morgan fingerprint density at radius 2 is 1.54 bits per heavy atom. The van der Waals surface area contributed by atoms with E-state index in [1.807, 2.05) is 36.4 Å². The Morgan fingerprint density at radius 1 is 0.929 bits per heavy atom. The first-order valence-corrected chi connectivity index (χ1v) is 10.1. The Morgan fingerprint density at radius 3 is 2.14 bits per heavy atom. The van der Waals surface area contributed by atoms with Gasteiger partial charge in [-0.3, -0.25) is 9.87 Å². The topological polar surface area (TPSA) is 92.7 Å². The van der Waals surface area contributed by atoms with Crippen molar-refractivity contribution < 1.29 is 22.5 Å². The fourth-order valence-corrected chi connectivity index (χ4v) is 4.01. The maximum atomic E-state index is 12.2. The zero-order chi connectivity index (χ0) is 19.7. The van der Waals surface area contributed by atoms with E-state index >= 15 is 0 Å². The van der Waals surface area contributed by atoms with Gasteiger partial charge >= 0.3 is 6.09 Å². The number of nitrogens with one attached hydrogen (secondary N) is 1. The molecule has 0 radical (unpaired) electrons. The molecule has 4 rings (SSSR count). The number of benzene rings is 3. The number of ether oxygens (including phenoxy) is 1. The van der Waals surface area contributed by atoms with Crippen LogP contribution in [0.2, 0.25) is 0 Å². The van der Waals surface area contributed by atoms with Gasteiger partial charge in [0.1, 0.15) is 6.61 Å². The number of carbonyl (C=O) groups is 1. The van der Waals surface area contributed by atoms with Crippen LogP contribution >= 0.6 is 0 Å². The lowest BCUT2D eigenvalue weighted by Crippen LogP contribution is -2.18. The summed E-state index contributed by atoms with van der Waals surface area (Å²) in [4.78, 5) is 11.9. The lowest BCUT2D eigenvalue weighted by molar-refractivity contribution is 0.158. The Balaban J connectivity index is 1.49. The molecule has 0 bridgehead atoms. The largest absolute Gasteiger partial charge is 0.448 e. The summed E-state index contributed by atoms with van der Waals surface area (Å²) in [5.41, 5.74) is 4.68. The molecule has 2 N–H and O–H groups in total. The maximum absolute atomic E-state index is 12.2. The Bertz CT molecular complexity index is 1110. The highest BCUT2D eigenvalue weighted by Gasteiger charge is 2.29. The molecule has 0 aromatic heterocycles. The van der Waals surface area contributed by atoms with Crippen molar-refractivity contribution in [3.05, 3.63) is 83.9 Å². The van der Waals surface area contributed by atoms with Gasteiger partial charge in [-0.25, -0.2) is 4.79 Å². The van der Waals surface area contributed by atoms with Crippen molar-refractivity contribution in [1.29, 1.82) is 0 Å². The van der Waals surface area contributed by atoms with E-state index < -0.39 is 16.2 Å². The summed E-state index contributed by atoms with van der Waals surface area (Å²) in [5.74, 6) is -0.0673. The number of rotatable bonds is 4. The molecule has 142 valence electrons. The monoisotopic (exact) mass is 395 g/mol. The Kier molecular flexibility index (Phi) is 4.62.